The first-order valence-corrected chi connectivity index (χ1v) is 6.18. The number of benzene rings is 1. The maximum absolute atomic E-state index is 11.3. The van der Waals surface area contributed by atoms with E-state index in [4.69, 9.17) is 24.8 Å². The largest absolute Gasteiger partial charge is 0.493 e. The molecule has 112 valence electrons. The molecule has 7 nitrogen and oxygen atoms in total. The van der Waals surface area contributed by atoms with E-state index >= 15 is 0 Å². The lowest BCUT2D eigenvalue weighted by Crippen LogP contribution is -2.29. The van der Waals surface area contributed by atoms with Crippen LogP contribution >= 0.6 is 0 Å². The van der Waals surface area contributed by atoms with Crippen LogP contribution in [-0.4, -0.2) is 18.1 Å². The number of nitrogens with one attached hydrogen (secondary N) is 1. The highest BCUT2D eigenvalue weighted by Crippen LogP contribution is 2.29. The van der Waals surface area contributed by atoms with Crippen molar-refractivity contribution in [3.05, 3.63) is 47.4 Å². The Balaban J connectivity index is 2.06. The molecule has 0 fully saturated rings. The summed E-state index contributed by atoms with van der Waals surface area (Å²) in [6.45, 7) is 0.0546. The van der Waals surface area contributed by atoms with E-state index in [1.807, 2.05) is 5.43 Å². The summed E-state index contributed by atoms with van der Waals surface area (Å²) in [4.78, 5) is 11.3. The average molecular weight is 292 g/mol. The number of aliphatic hydroxyl groups excluding tert-OH is 1. The summed E-state index contributed by atoms with van der Waals surface area (Å²) in [5.41, 5.74) is 2.70. The number of aliphatic hydroxyl groups is 1. The minimum atomic E-state index is -0.508. The minimum Gasteiger partial charge on any atom is -0.493 e. The molecule has 0 radical (unpaired) electrons. The highest BCUT2D eigenvalue weighted by molar-refractivity contribution is 5.90. The summed E-state index contributed by atoms with van der Waals surface area (Å²) >= 11 is 0. The first-order valence-electron chi connectivity index (χ1n) is 6.18. The lowest BCUT2D eigenvalue weighted by molar-refractivity contribution is 0.0921. The standard InChI is InChI=1S/C14H16N2O5/c1-19-13-6-9(7-17)2-4-11(13)20-8-10-3-5-12(21-10)14(18)16-15/h2-6,17H,7-8,15H2,1H3,(H,16,18). The smallest absolute Gasteiger partial charge is 0.300 e. The number of furan rings is 1. The number of ether oxygens (including phenoxy) is 2. The van der Waals surface area contributed by atoms with Crippen LogP contribution in [-0.2, 0) is 13.2 Å². The molecule has 0 atom stereocenters. The number of carbonyl (C=O) groups is 1. The van der Waals surface area contributed by atoms with Gasteiger partial charge in [-0.25, -0.2) is 5.84 Å². The van der Waals surface area contributed by atoms with Gasteiger partial charge in [-0.05, 0) is 29.8 Å². The van der Waals surface area contributed by atoms with Crippen molar-refractivity contribution in [1.82, 2.24) is 5.43 Å². The molecule has 1 aromatic carbocycles. The van der Waals surface area contributed by atoms with Crippen molar-refractivity contribution in [3.8, 4) is 11.5 Å². The van der Waals surface area contributed by atoms with Crippen LogP contribution in [0.2, 0.25) is 0 Å². The normalized spacial score (nSPS) is 10.2. The Morgan fingerprint density at radius 3 is 2.81 bits per heavy atom. The molecule has 0 aliphatic rings. The van der Waals surface area contributed by atoms with Crippen molar-refractivity contribution >= 4 is 5.91 Å². The van der Waals surface area contributed by atoms with Crippen LogP contribution in [0, 0.1) is 0 Å². The van der Waals surface area contributed by atoms with Gasteiger partial charge >= 0.3 is 5.91 Å². The van der Waals surface area contributed by atoms with Crippen molar-refractivity contribution in [2.24, 2.45) is 5.84 Å². The molecule has 21 heavy (non-hydrogen) atoms. The number of carbonyl (C=O) groups excluding carboxylic acids is 1. The number of hydrogen-bond acceptors (Lipinski definition) is 6. The van der Waals surface area contributed by atoms with Crippen LogP contribution in [0.25, 0.3) is 0 Å². The third kappa shape index (κ3) is 3.53. The van der Waals surface area contributed by atoms with Crippen LogP contribution in [0.4, 0.5) is 0 Å². The lowest BCUT2D eigenvalue weighted by Gasteiger charge is -2.10. The van der Waals surface area contributed by atoms with Gasteiger partial charge in [-0.1, -0.05) is 6.07 Å². The zero-order valence-electron chi connectivity index (χ0n) is 11.5. The van der Waals surface area contributed by atoms with E-state index in [1.165, 1.54) is 13.2 Å². The molecule has 2 rings (SSSR count). The first-order chi connectivity index (χ1) is 10.2. The van der Waals surface area contributed by atoms with E-state index in [2.05, 4.69) is 0 Å². The van der Waals surface area contributed by atoms with E-state index in [0.29, 0.717) is 17.3 Å². The molecule has 1 heterocycles. The van der Waals surface area contributed by atoms with Gasteiger partial charge in [-0.3, -0.25) is 10.2 Å². The van der Waals surface area contributed by atoms with Gasteiger partial charge in [0.05, 0.1) is 13.7 Å². The molecule has 4 N–H and O–H groups in total. The summed E-state index contributed by atoms with van der Waals surface area (Å²) in [5.74, 6) is 6.11. The lowest BCUT2D eigenvalue weighted by atomic mass is 10.2. The molecular formula is C14H16N2O5. The zero-order chi connectivity index (χ0) is 15.2. The van der Waals surface area contributed by atoms with Crippen molar-refractivity contribution in [3.63, 3.8) is 0 Å². The fourth-order valence-corrected chi connectivity index (χ4v) is 1.73. The van der Waals surface area contributed by atoms with Gasteiger partial charge in [0.1, 0.15) is 12.4 Å². The summed E-state index contributed by atoms with van der Waals surface area (Å²) in [6, 6.07) is 8.24. The molecule has 0 unspecified atom stereocenters. The Morgan fingerprint density at radius 2 is 2.14 bits per heavy atom. The quantitative estimate of drug-likeness (QED) is 0.416. The maximum atomic E-state index is 11.3. The highest BCUT2D eigenvalue weighted by Gasteiger charge is 2.11. The summed E-state index contributed by atoms with van der Waals surface area (Å²) in [7, 11) is 1.51. The second-order valence-electron chi connectivity index (χ2n) is 4.17. The van der Waals surface area contributed by atoms with E-state index in [9.17, 15) is 4.79 Å². The van der Waals surface area contributed by atoms with E-state index in [1.54, 1.807) is 24.3 Å². The third-order valence-corrected chi connectivity index (χ3v) is 2.80. The Labute approximate surface area is 121 Å². The Kier molecular flexibility index (Phi) is 4.81. The van der Waals surface area contributed by atoms with Crippen molar-refractivity contribution in [1.29, 1.82) is 0 Å². The molecule has 0 saturated heterocycles. The molecule has 1 amide bonds. The number of hydrogen-bond donors (Lipinski definition) is 3. The third-order valence-electron chi connectivity index (χ3n) is 2.80. The van der Waals surface area contributed by atoms with Crippen molar-refractivity contribution in [2.75, 3.05) is 7.11 Å². The van der Waals surface area contributed by atoms with Gasteiger partial charge in [0.15, 0.2) is 17.3 Å². The predicted octanol–water partition coefficient (Wildman–Crippen LogP) is 0.963. The monoisotopic (exact) mass is 292 g/mol. The molecule has 2 aromatic rings. The molecule has 0 bridgehead atoms. The van der Waals surface area contributed by atoms with E-state index < -0.39 is 5.91 Å². The van der Waals surface area contributed by atoms with Gasteiger partial charge in [-0.2, -0.15) is 0 Å². The van der Waals surface area contributed by atoms with E-state index in [0.717, 1.165) is 5.56 Å². The summed E-state index contributed by atoms with van der Waals surface area (Å²) < 4.78 is 16.0. The summed E-state index contributed by atoms with van der Waals surface area (Å²) in [6.07, 6.45) is 0. The number of nitrogen functional groups attached to an aromatic ring is 1. The second-order valence-corrected chi connectivity index (χ2v) is 4.17. The van der Waals surface area contributed by atoms with Gasteiger partial charge < -0.3 is 19.0 Å². The molecule has 0 aliphatic carbocycles. The molecular weight excluding hydrogens is 276 g/mol. The maximum Gasteiger partial charge on any atom is 0.300 e. The van der Waals surface area contributed by atoms with Gasteiger partial charge in [0, 0.05) is 0 Å². The second kappa shape index (κ2) is 6.78. The Morgan fingerprint density at radius 1 is 1.33 bits per heavy atom. The number of rotatable bonds is 6. The van der Waals surface area contributed by atoms with Crippen LogP contribution in [0.5, 0.6) is 11.5 Å². The zero-order valence-corrected chi connectivity index (χ0v) is 11.5. The van der Waals surface area contributed by atoms with Gasteiger partial charge in [0.25, 0.3) is 0 Å². The SMILES string of the molecule is COc1cc(CO)ccc1OCc1ccc(C(=O)NN)o1. The number of hydrazine groups is 1. The summed E-state index contributed by atoms with van der Waals surface area (Å²) in [5, 5.41) is 9.08. The fraction of sp³-hybridized carbons (Fsp3) is 0.214. The predicted molar refractivity (Wildman–Crippen MR) is 73.6 cm³/mol. The fourth-order valence-electron chi connectivity index (χ4n) is 1.73. The number of methoxy groups -OCH3 is 1. The van der Waals surface area contributed by atoms with Crippen LogP contribution in [0.1, 0.15) is 21.9 Å². The number of nitrogens with two attached hydrogens (primary N) is 1. The molecule has 7 heteroatoms. The van der Waals surface area contributed by atoms with Gasteiger partial charge in [0.2, 0.25) is 0 Å². The van der Waals surface area contributed by atoms with Gasteiger partial charge in [-0.15, -0.1) is 0 Å². The van der Waals surface area contributed by atoms with Crippen LogP contribution in [0.3, 0.4) is 0 Å². The first kappa shape index (κ1) is 14.9. The average Bonchev–Trinajstić information content (AvgIpc) is 3.00. The van der Waals surface area contributed by atoms with Crippen molar-refractivity contribution in [2.45, 2.75) is 13.2 Å². The number of amides is 1. The molecule has 0 saturated carbocycles. The van der Waals surface area contributed by atoms with Crippen molar-refractivity contribution < 1.29 is 23.8 Å². The van der Waals surface area contributed by atoms with Crippen LogP contribution in [0.15, 0.2) is 34.7 Å². The molecule has 0 aliphatic heterocycles. The molecule has 1 aromatic heterocycles. The topological polar surface area (TPSA) is 107 Å². The minimum absolute atomic E-state index is 0.0770. The Bertz CT molecular complexity index is 624. The Hall–Kier alpha value is -2.51. The highest BCUT2D eigenvalue weighted by atomic mass is 16.5. The molecule has 0 spiro atoms. The van der Waals surface area contributed by atoms with E-state index in [-0.39, 0.29) is 19.0 Å². The van der Waals surface area contributed by atoms with Crippen LogP contribution < -0.4 is 20.7 Å².